The third kappa shape index (κ3) is 5.60. The highest BCUT2D eigenvalue weighted by Gasteiger charge is 2.31. The van der Waals surface area contributed by atoms with E-state index in [0.29, 0.717) is 26.2 Å². The van der Waals surface area contributed by atoms with Gasteiger partial charge in [0.15, 0.2) is 5.96 Å². The number of nitrogens with zero attached hydrogens (tertiary/aromatic N) is 4. The molecule has 158 valence electrons. The molecule has 0 aromatic carbocycles. The maximum absolute atomic E-state index is 12.5. The summed E-state index contributed by atoms with van der Waals surface area (Å²) in [5, 5.41) is 3.45. The van der Waals surface area contributed by atoms with Crippen LogP contribution in [0.4, 0.5) is 0 Å². The van der Waals surface area contributed by atoms with E-state index in [1.807, 2.05) is 31.1 Å². The van der Waals surface area contributed by atoms with Gasteiger partial charge >= 0.3 is 0 Å². The molecule has 0 aliphatic carbocycles. The Morgan fingerprint density at radius 3 is 2.57 bits per heavy atom. The molecule has 0 spiro atoms. The van der Waals surface area contributed by atoms with Gasteiger partial charge in [-0.25, -0.2) is 0 Å². The lowest BCUT2D eigenvalue weighted by atomic mass is 10.2. The van der Waals surface area contributed by atoms with Crippen molar-refractivity contribution in [1.29, 1.82) is 0 Å². The van der Waals surface area contributed by atoms with Crippen LogP contribution in [-0.4, -0.2) is 93.1 Å². The standard InChI is InChI=1S/C19H31N5O3.HI/c1-20-19(21-14-15(22(2)3)16-6-4-12-26-16)24-10-8-23(9-11-24)18(25)17-7-5-13-27-17;/h4,6,12,15,17H,5,7-11,13-14H2,1-3H3,(H,20,21);1H. The molecule has 1 aromatic rings. The van der Waals surface area contributed by atoms with Crippen LogP contribution in [0.1, 0.15) is 24.6 Å². The SMILES string of the molecule is CN=C(NCC(c1ccco1)N(C)C)N1CCN(C(=O)C2CCCO2)CC1.I. The summed E-state index contributed by atoms with van der Waals surface area (Å²) in [6, 6.07) is 4.02. The molecule has 0 radical (unpaired) electrons. The van der Waals surface area contributed by atoms with Gasteiger partial charge in [0.2, 0.25) is 0 Å². The van der Waals surface area contributed by atoms with Crippen LogP contribution >= 0.6 is 24.0 Å². The summed E-state index contributed by atoms with van der Waals surface area (Å²) < 4.78 is 11.1. The van der Waals surface area contributed by atoms with Gasteiger partial charge in [0, 0.05) is 46.4 Å². The Bertz CT molecular complexity index is 624. The molecule has 0 bridgehead atoms. The minimum Gasteiger partial charge on any atom is -0.468 e. The summed E-state index contributed by atoms with van der Waals surface area (Å²) in [5.74, 6) is 1.92. The van der Waals surface area contributed by atoms with Gasteiger partial charge in [-0.2, -0.15) is 0 Å². The van der Waals surface area contributed by atoms with E-state index in [2.05, 4.69) is 20.1 Å². The Morgan fingerprint density at radius 2 is 2.04 bits per heavy atom. The summed E-state index contributed by atoms with van der Waals surface area (Å²) in [4.78, 5) is 23.2. The first kappa shape index (κ1) is 23.0. The normalized spacial score (nSPS) is 21.6. The lowest BCUT2D eigenvalue weighted by Crippen LogP contribution is -2.55. The molecule has 8 nitrogen and oxygen atoms in total. The second-order valence-corrected chi connectivity index (χ2v) is 7.24. The number of halogens is 1. The first-order valence-corrected chi connectivity index (χ1v) is 9.66. The number of amides is 1. The summed E-state index contributed by atoms with van der Waals surface area (Å²) >= 11 is 0. The molecule has 3 rings (SSSR count). The minimum absolute atomic E-state index is 0. The van der Waals surface area contributed by atoms with E-state index < -0.39 is 0 Å². The number of likely N-dealkylation sites (N-methyl/N-ethyl adjacent to an activating group) is 1. The molecular formula is C19H32IN5O3. The second-order valence-electron chi connectivity index (χ2n) is 7.24. The summed E-state index contributed by atoms with van der Waals surface area (Å²) in [6.45, 7) is 4.35. The molecule has 2 aliphatic rings. The quantitative estimate of drug-likeness (QED) is 0.371. The van der Waals surface area contributed by atoms with Gasteiger partial charge in [-0.05, 0) is 39.1 Å². The lowest BCUT2D eigenvalue weighted by Gasteiger charge is -2.37. The Labute approximate surface area is 184 Å². The third-order valence-electron chi connectivity index (χ3n) is 5.26. The van der Waals surface area contributed by atoms with Gasteiger partial charge in [-0.15, -0.1) is 24.0 Å². The number of hydrogen-bond donors (Lipinski definition) is 1. The average molecular weight is 505 g/mol. The van der Waals surface area contributed by atoms with E-state index in [9.17, 15) is 4.79 Å². The van der Waals surface area contributed by atoms with Crippen molar-refractivity contribution in [1.82, 2.24) is 20.0 Å². The number of nitrogens with one attached hydrogen (secondary N) is 1. The van der Waals surface area contributed by atoms with Crippen LogP contribution in [0, 0.1) is 0 Å². The Morgan fingerprint density at radius 1 is 1.32 bits per heavy atom. The molecule has 2 saturated heterocycles. The number of guanidine groups is 1. The van der Waals surface area contributed by atoms with Crippen LogP contribution in [-0.2, 0) is 9.53 Å². The van der Waals surface area contributed by atoms with Gasteiger partial charge in [-0.3, -0.25) is 14.7 Å². The monoisotopic (exact) mass is 505 g/mol. The summed E-state index contributed by atoms with van der Waals surface area (Å²) in [7, 11) is 5.87. The fourth-order valence-corrected chi connectivity index (χ4v) is 3.65. The second kappa shape index (κ2) is 11.0. The van der Waals surface area contributed by atoms with Crippen molar-refractivity contribution in [2.75, 3.05) is 60.5 Å². The molecule has 0 saturated carbocycles. The lowest BCUT2D eigenvalue weighted by molar-refractivity contribution is -0.142. The van der Waals surface area contributed by atoms with Crippen LogP contribution < -0.4 is 5.32 Å². The van der Waals surface area contributed by atoms with Crippen molar-refractivity contribution in [3.05, 3.63) is 24.2 Å². The average Bonchev–Trinajstić information content (AvgIpc) is 3.38. The molecule has 2 fully saturated rings. The molecular weight excluding hydrogens is 473 g/mol. The molecule has 3 heterocycles. The molecule has 28 heavy (non-hydrogen) atoms. The van der Waals surface area contributed by atoms with Crippen molar-refractivity contribution >= 4 is 35.8 Å². The van der Waals surface area contributed by atoms with E-state index in [4.69, 9.17) is 9.15 Å². The van der Waals surface area contributed by atoms with Crippen molar-refractivity contribution in [2.24, 2.45) is 4.99 Å². The Kier molecular flexibility index (Phi) is 9.03. The fraction of sp³-hybridized carbons (Fsp3) is 0.684. The van der Waals surface area contributed by atoms with Gasteiger partial charge in [0.1, 0.15) is 11.9 Å². The zero-order valence-corrected chi connectivity index (χ0v) is 19.3. The predicted octanol–water partition coefficient (Wildman–Crippen LogP) is 1.40. The first-order valence-electron chi connectivity index (χ1n) is 9.66. The molecule has 9 heteroatoms. The molecule has 2 aliphatic heterocycles. The number of furan rings is 1. The fourth-order valence-electron chi connectivity index (χ4n) is 3.65. The molecule has 2 unspecified atom stereocenters. The van der Waals surface area contributed by atoms with E-state index in [1.165, 1.54) is 0 Å². The molecule has 1 amide bonds. The molecule has 1 N–H and O–H groups in total. The zero-order chi connectivity index (χ0) is 19.2. The van der Waals surface area contributed by atoms with Crippen LogP contribution in [0.2, 0.25) is 0 Å². The zero-order valence-electron chi connectivity index (χ0n) is 17.0. The van der Waals surface area contributed by atoms with Crippen LogP contribution in [0.25, 0.3) is 0 Å². The molecule has 1 aromatic heterocycles. The number of hydrogen-bond acceptors (Lipinski definition) is 5. The number of ether oxygens (including phenoxy) is 1. The maximum atomic E-state index is 12.5. The largest absolute Gasteiger partial charge is 0.468 e. The van der Waals surface area contributed by atoms with Crippen LogP contribution in [0.5, 0.6) is 0 Å². The van der Waals surface area contributed by atoms with Crippen molar-refractivity contribution in [3.63, 3.8) is 0 Å². The first-order chi connectivity index (χ1) is 13.1. The van der Waals surface area contributed by atoms with E-state index in [1.54, 1.807) is 13.3 Å². The highest BCUT2D eigenvalue weighted by molar-refractivity contribution is 14.0. The van der Waals surface area contributed by atoms with E-state index in [0.717, 1.165) is 37.7 Å². The number of piperazine rings is 1. The van der Waals surface area contributed by atoms with Gasteiger partial charge < -0.3 is 24.3 Å². The van der Waals surface area contributed by atoms with E-state index >= 15 is 0 Å². The Balaban J connectivity index is 0.00000280. The maximum Gasteiger partial charge on any atom is 0.251 e. The van der Waals surface area contributed by atoms with Crippen molar-refractivity contribution in [2.45, 2.75) is 25.0 Å². The van der Waals surface area contributed by atoms with Crippen molar-refractivity contribution in [3.8, 4) is 0 Å². The van der Waals surface area contributed by atoms with Gasteiger partial charge in [-0.1, -0.05) is 0 Å². The van der Waals surface area contributed by atoms with E-state index in [-0.39, 0.29) is 42.0 Å². The number of carbonyl (C=O) groups is 1. The summed E-state index contributed by atoms with van der Waals surface area (Å²) in [5.41, 5.74) is 0. The Hall–Kier alpha value is -1.33. The topological polar surface area (TPSA) is 73.6 Å². The number of rotatable bonds is 5. The smallest absolute Gasteiger partial charge is 0.251 e. The highest BCUT2D eigenvalue weighted by atomic mass is 127. The number of carbonyl (C=O) groups excluding carboxylic acids is 1. The van der Waals surface area contributed by atoms with Crippen molar-refractivity contribution < 1.29 is 13.9 Å². The molecule has 2 atom stereocenters. The van der Waals surface area contributed by atoms with Crippen LogP contribution in [0.3, 0.4) is 0 Å². The van der Waals surface area contributed by atoms with Gasteiger partial charge in [0.05, 0.1) is 12.3 Å². The third-order valence-corrected chi connectivity index (χ3v) is 5.26. The van der Waals surface area contributed by atoms with Gasteiger partial charge in [0.25, 0.3) is 5.91 Å². The number of aliphatic imine (C=N–C) groups is 1. The minimum atomic E-state index is -0.233. The highest BCUT2D eigenvalue weighted by Crippen LogP contribution is 2.18. The van der Waals surface area contributed by atoms with Crippen LogP contribution in [0.15, 0.2) is 27.8 Å². The predicted molar refractivity (Wildman–Crippen MR) is 119 cm³/mol. The summed E-state index contributed by atoms with van der Waals surface area (Å²) in [6.07, 6.45) is 3.30.